The van der Waals surface area contributed by atoms with Gasteiger partial charge in [-0.3, -0.25) is 4.68 Å². The van der Waals surface area contributed by atoms with Crippen LogP contribution >= 0.6 is 9.53 Å². The minimum atomic E-state index is 0. The molecular weight excluding hydrogens is 402 g/mol. The molecule has 1 aromatic carbocycles. The Balaban J connectivity index is 0.000000849. The van der Waals surface area contributed by atoms with Gasteiger partial charge in [0.15, 0.2) is 0 Å². The Morgan fingerprint density at radius 2 is 1.78 bits per heavy atom. The Bertz CT molecular complexity index is 617. The first-order chi connectivity index (χ1) is 10.6. The monoisotopic (exact) mass is 422 g/mol. The fourth-order valence-electron chi connectivity index (χ4n) is 2.65. The summed E-state index contributed by atoms with van der Waals surface area (Å²) >= 11 is 2.22. The molecule has 2 radical (unpaired) electrons. The zero-order valence-electron chi connectivity index (χ0n) is 13.7. The SMILES string of the molecule is Cc1cc(C)c(N2[C]N(Cn3cccn3)C=C2)c(C)c1.[CH3-].[Cl][Pd+]. The van der Waals surface area contributed by atoms with Gasteiger partial charge < -0.3 is 17.2 Å². The van der Waals surface area contributed by atoms with Gasteiger partial charge in [0.1, 0.15) is 6.67 Å². The number of anilines is 1. The Morgan fingerprint density at radius 3 is 2.35 bits per heavy atom. The first-order valence-corrected chi connectivity index (χ1v) is 8.81. The molecule has 1 aliphatic rings. The van der Waals surface area contributed by atoms with Gasteiger partial charge in [0.05, 0.1) is 0 Å². The molecule has 3 rings (SSSR count). The van der Waals surface area contributed by atoms with Crippen molar-refractivity contribution in [2.24, 2.45) is 0 Å². The molecule has 0 spiro atoms. The van der Waals surface area contributed by atoms with E-state index in [9.17, 15) is 0 Å². The van der Waals surface area contributed by atoms with E-state index in [1.165, 1.54) is 22.4 Å². The molecule has 126 valence electrons. The summed E-state index contributed by atoms with van der Waals surface area (Å²) in [5.41, 5.74) is 5.02. The molecule has 0 fully saturated rings. The first-order valence-electron chi connectivity index (χ1n) is 6.81. The molecule has 23 heavy (non-hydrogen) atoms. The van der Waals surface area contributed by atoms with E-state index in [1.807, 2.05) is 39.1 Å². The van der Waals surface area contributed by atoms with Gasteiger partial charge in [-0.05, 0) is 38.0 Å². The summed E-state index contributed by atoms with van der Waals surface area (Å²) in [6, 6.07) is 6.33. The maximum atomic E-state index is 4.49. The van der Waals surface area contributed by atoms with Crippen molar-refractivity contribution >= 4 is 15.2 Å². The van der Waals surface area contributed by atoms with Gasteiger partial charge in [-0.25, -0.2) is 0 Å². The van der Waals surface area contributed by atoms with Crippen molar-refractivity contribution in [1.82, 2.24) is 14.7 Å². The van der Waals surface area contributed by atoms with Crippen molar-refractivity contribution in [2.75, 3.05) is 4.90 Å². The van der Waals surface area contributed by atoms with Gasteiger partial charge in [-0.2, -0.15) is 5.10 Å². The molecule has 1 aromatic heterocycles. The van der Waals surface area contributed by atoms with Crippen molar-refractivity contribution in [3.8, 4) is 0 Å². The van der Waals surface area contributed by atoms with Crippen LogP contribution in [0, 0.1) is 34.9 Å². The topological polar surface area (TPSA) is 24.3 Å². The summed E-state index contributed by atoms with van der Waals surface area (Å²) in [5, 5.41) is 4.21. The molecule has 2 heterocycles. The molecular formula is C17H21ClN4Pd. The molecule has 0 amide bonds. The van der Waals surface area contributed by atoms with E-state index < -0.39 is 0 Å². The third-order valence-corrected chi connectivity index (χ3v) is 3.36. The van der Waals surface area contributed by atoms with Crippen LogP contribution in [0.25, 0.3) is 0 Å². The Morgan fingerprint density at radius 1 is 1.13 bits per heavy atom. The Hall–Kier alpha value is -1.28. The average molecular weight is 423 g/mol. The second-order valence-electron chi connectivity index (χ2n) is 5.17. The predicted octanol–water partition coefficient (Wildman–Crippen LogP) is 4.19. The van der Waals surface area contributed by atoms with Crippen molar-refractivity contribution in [3.63, 3.8) is 0 Å². The predicted molar refractivity (Wildman–Crippen MR) is 91.8 cm³/mol. The van der Waals surface area contributed by atoms with Crippen LogP contribution in [0.3, 0.4) is 0 Å². The van der Waals surface area contributed by atoms with E-state index in [-0.39, 0.29) is 7.43 Å². The van der Waals surface area contributed by atoms with Crippen LogP contribution in [-0.4, -0.2) is 14.7 Å². The fraction of sp³-hybridized carbons (Fsp3) is 0.235. The standard InChI is InChI=1S/C16H18N4.CH3.ClH.Pd/c1-13-9-14(2)16(15(3)10-13)19-8-7-18(11-19)12-20-6-4-5-17-20;;;/h4-10H,12H2,1-3H3;1H3;1H;/q;-1;;+2/p-1. The molecule has 0 saturated heterocycles. The molecule has 2 aromatic rings. The quantitative estimate of drug-likeness (QED) is 0.547. The average Bonchev–Trinajstić information content (AvgIpc) is 3.13. The molecule has 0 saturated carbocycles. The number of benzene rings is 1. The summed E-state index contributed by atoms with van der Waals surface area (Å²) in [7, 11) is 4.49. The van der Waals surface area contributed by atoms with Gasteiger partial charge in [0, 0.05) is 30.5 Å². The second-order valence-corrected chi connectivity index (χ2v) is 5.17. The zero-order chi connectivity index (χ0) is 16.1. The third-order valence-electron chi connectivity index (χ3n) is 3.36. The van der Waals surface area contributed by atoms with Crippen molar-refractivity contribution < 1.29 is 18.2 Å². The van der Waals surface area contributed by atoms with E-state index in [4.69, 9.17) is 0 Å². The van der Waals surface area contributed by atoms with E-state index >= 15 is 0 Å². The molecule has 0 bridgehead atoms. The molecule has 0 atom stereocenters. The van der Waals surface area contributed by atoms with Crippen LogP contribution in [0.1, 0.15) is 16.7 Å². The summed E-state index contributed by atoms with van der Waals surface area (Å²) in [6.07, 6.45) is 7.78. The molecule has 0 unspecified atom stereocenters. The molecule has 0 N–H and O–H groups in total. The number of aromatic nitrogens is 2. The molecule has 4 nitrogen and oxygen atoms in total. The van der Waals surface area contributed by atoms with Crippen LogP contribution in [0.5, 0.6) is 0 Å². The summed E-state index contributed by atoms with van der Waals surface area (Å²) in [5.74, 6) is 0. The van der Waals surface area contributed by atoms with Gasteiger partial charge in [0.25, 0.3) is 0 Å². The van der Waals surface area contributed by atoms with Crippen molar-refractivity contribution in [1.29, 1.82) is 0 Å². The van der Waals surface area contributed by atoms with E-state index in [0.717, 1.165) is 0 Å². The number of halogens is 1. The summed E-state index contributed by atoms with van der Waals surface area (Å²) in [6.45, 7) is 10.4. The Kier molecular flexibility index (Phi) is 7.84. The number of aryl methyl sites for hydroxylation is 3. The van der Waals surface area contributed by atoms with Gasteiger partial charge in [-0.1, -0.05) is 17.7 Å². The number of nitrogens with zero attached hydrogens (tertiary/aromatic N) is 4. The number of hydrogen-bond acceptors (Lipinski definition) is 3. The molecule has 0 aliphatic carbocycles. The van der Waals surface area contributed by atoms with Crippen LogP contribution in [0.4, 0.5) is 5.69 Å². The summed E-state index contributed by atoms with van der Waals surface area (Å²) < 4.78 is 1.87. The third kappa shape index (κ3) is 4.84. The van der Waals surface area contributed by atoms with Gasteiger partial charge in [0.2, 0.25) is 6.67 Å². The van der Waals surface area contributed by atoms with Crippen molar-refractivity contribution in [2.45, 2.75) is 27.4 Å². The minimum absolute atomic E-state index is 0. The first kappa shape index (κ1) is 19.8. The van der Waals surface area contributed by atoms with E-state index in [0.29, 0.717) is 6.67 Å². The molecule has 6 heteroatoms. The second kappa shape index (κ2) is 9.12. The van der Waals surface area contributed by atoms with Crippen LogP contribution < -0.4 is 4.90 Å². The van der Waals surface area contributed by atoms with Gasteiger partial charge in [-0.15, -0.1) is 0 Å². The van der Waals surface area contributed by atoms with E-state index in [1.54, 1.807) is 6.20 Å². The molecule has 1 aliphatic heterocycles. The van der Waals surface area contributed by atoms with E-state index in [2.05, 4.69) is 72.4 Å². The van der Waals surface area contributed by atoms with Crippen LogP contribution in [0.2, 0.25) is 0 Å². The maximum absolute atomic E-state index is 4.49. The fourth-order valence-corrected chi connectivity index (χ4v) is 2.65. The van der Waals surface area contributed by atoms with Crippen LogP contribution in [0.15, 0.2) is 43.0 Å². The Labute approximate surface area is 154 Å². The van der Waals surface area contributed by atoms with Gasteiger partial charge >= 0.3 is 27.7 Å². The normalized spacial score (nSPS) is 12.8. The number of hydrogen-bond donors (Lipinski definition) is 0. The summed E-state index contributed by atoms with van der Waals surface area (Å²) in [4.78, 5) is 4.04. The van der Waals surface area contributed by atoms with Crippen molar-refractivity contribution in [3.05, 3.63) is 73.8 Å². The number of rotatable bonds is 3. The zero-order valence-corrected chi connectivity index (χ0v) is 16.0. The van der Waals surface area contributed by atoms with Crippen LogP contribution in [-0.2, 0) is 24.8 Å².